The van der Waals surface area contributed by atoms with Crippen LogP contribution in [0.4, 0.5) is 11.8 Å². The Morgan fingerprint density at radius 2 is 1.97 bits per heavy atom. The number of nitrogens with zero attached hydrogens (tertiary/aromatic N) is 5. The maximum absolute atomic E-state index is 10.1. The minimum atomic E-state index is -0.656. The predicted molar refractivity (Wildman–Crippen MR) is 131 cm³/mol. The second kappa shape index (κ2) is 9.13. The first-order valence-corrected chi connectivity index (χ1v) is 12.1. The van der Waals surface area contributed by atoms with Gasteiger partial charge in [0.25, 0.3) is 0 Å². The molecule has 3 aromatic rings. The van der Waals surface area contributed by atoms with E-state index in [1.165, 1.54) is 0 Å². The van der Waals surface area contributed by atoms with E-state index in [0.29, 0.717) is 31.6 Å². The van der Waals surface area contributed by atoms with Crippen molar-refractivity contribution in [1.29, 1.82) is 0 Å². The van der Waals surface area contributed by atoms with Gasteiger partial charge in [-0.1, -0.05) is 0 Å². The lowest BCUT2D eigenvalue weighted by molar-refractivity contribution is 0.0305. The van der Waals surface area contributed by atoms with Crippen molar-refractivity contribution in [2.45, 2.75) is 63.2 Å². The Labute approximate surface area is 199 Å². The number of aliphatic hydroxyl groups excluding tert-OH is 1. The van der Waals surface area contributed by atoms with Crippen LogP contribution in [0.2, 0.25) is 0 Å². The lowest BCUT2D eigenvalue weighted by Crippen LogP contribution is -2.60. The van der Waals surface area contributed by atoms with Crippen molar-refractivity contribution in [3.8, 4) is 11.1 Å². The number of β-amino-alcohol motifs (C(OH)–C–C–N with tert-alkyl or cyclic N) is 1. The lowest BCUT2D eigenvalue weighted by atomic mass is 9.85. The number of nitrogens with one attached hydrogen (secondary N) is 1. The van der Waals surface area contributed by atoms with Crippen LogP contribution >= 0.6 is 0 Å². The summed E-state index contributed by atoms with van der Waals surface area (Å²) in [7, 11) is 1.68. The van der Waals surface area contributed by atoms with Crippen LogP contribution in [-0.4, -0.2) is 74.3 Å². The molecular formula is C25H34N6O3. The number of anilines is 2. The lowest BCUT2D eigenvalue weighted by Gasteiger charge is -2.45. The van der Waals surface area contributed by atoms with Crippen LogP contribution in [0.25, 0.3) is 16.6 Å². The van der Waals surface area contributed by atoms with Gasteiger partial charge in [0.1, 0.15) is 5.82 Å². The zero-order chi connectivity index (χ0) is 23.9. The summed E-state index contributed by atoms with van der Waals surface area (Å²) < 4.78 is 7.25. The third kappa shape index (κ3) is 4.60. The molecule has 0 aromatic carbocycles. The van der Waals surface area contributed by atoms with Crippen LogP contribution in [0.15, 0.2) is 30.6 Å². The van der Waals surface area contributed by atoms with Gasteiger partial charge in [-0.25, -0.2) is 14.5 Å². The van der Waals surface area contributed by atoms with E-state index < -0.39 is 5.60 Å². The van der Waals surface area contributed by atoms with E-state index >= 15 is 0 Å². The second-order valence-corrected chi connectivity index (χ2v) is 10.1. The second-order valence-electron chi connectivity index (χ2n) is 10.1. The van der Waals surface area contributed by atoms with E-state index in [2.05, 4.69) is 32.3 Å². The van der Waals surface area contributed by atoms with Crippen molar-refractivity contribution in [2.75, 3.05) is 37.0 Å². The van der Waals surface area contributed by atoms with E-state index in [4.69, 9.17) is 9.84 Å². The Bertz CT molecular complexity index is 1150. The monoisotopic (exact) mass is 466 g/mol. The Kier molecular flexibility index (Phi) is 6.18. The first-order chi connectivity index (χ1) is 16.3. The van der Waals surface area contributed by atoms with E-state index in [-0.39, 0.29) is 12.1 Å². The first-order valence-electron chi connectivity index (χ1n) is 12.1. The highest BCUT2D eigenvalue weighted by atomic mass is 16.5. The van der Waals surface area contributed by atoms with Crippen LogP contribution in [-0.2, 0) is 4.74 Å². The van der Waals surface area contributed by atoms with Crippen LogP contribution in [0.3, 0.4) is 0 Å². The third-order valence-electron chi connectivity index (χ3n) is 6.90. The van der Waals surface area contributed by atoms with Gasteiger partial charge in [-0.05, 0) is 63.3 Å². The molecule has 34 heavy (non-hydrogen) atoms. The molecule has 1 aliphatic heterocycles. The molecule has 9 nitrogen and oxygen atoms in total. The van der Waals surface area contributed by atoms with Gasteiger partial charge in [-0.3, -0.25) is 0 Å². The van der Waals surface area contributed by atoms with Gasteiger partial charge in [0.15, 0.2) is 0 Å². The highest BCUT2D eigenvalue weighted by Crippen LogP contribution is 2.38. The summed E-state index contributed by atoms with van der Waals surface area (Å²) in [6.45, 7) is 5.60. The number of hydrogen-bond donors (Lipinski definition) is 3. The van der Waals surface area contributed by atoms with Crippen molar-refractivity contribution < 1.29 is 14.9 Å². The molecule has 182 valence electrons. The SMILES string of the molecule is COC[C@H](C)Nc1ncc2c(-c3ccnc(N4CC(C)(O)C4)c3)cc(C3CCC(O)CC3)n2n1. The third-order valence-corrected chi connectivity index (χ3v) is 6.90. The molecule has 2 aliphatic rings. The van der Waals surface area contributed by atoms with E-state index in [9.17, 15) is 10.2 Å². The largest absolute Gasteiger partial charge is 0.393 e. The normalized spacial score (nSPS) is 23.0. The van der Waals surface area contributed by atoms with Crippen molar-refractivity contribution in [3.63, 3.8) is 0 Å². The molecule has 0 unspecified atom stereocenters. The molecule has 1 saturated heterocycles. The molecule has 0 bridgehead atoms. The molecule has 4 heterocycles. The molecule has 3 aromatic heterocycles. The summed E-state index contributed by atoms with van der Waals surface area (Å²) >= 11 is 0. The van der Waals surface area contributed by atoms with E-state index in [0.717, 1.165) is 53.8 Å². The number of hydrogen-bond acceptors (Lipinski definition) is 8. The molecule has 3 N–H and O–H groups in total. The predicted octanol–water partition coefficient (Wildman–Crippen LogP) is 2.83. The number of pyridine rings is 1. The van der Waals surface area contributed by atoms with Crippen molar-refractivity contribution in [1.82, 2.24) is 19.6 Å². The first kappa shape index (κ1) is 23.0. The quantitative estimate of drug-likeness (QED) is 0.488. The summed E-state index contributed by atoms with van der Waals surface area (Å²) in [5.74, 6) is 1.75. The van der Waals surface area contributed by atoms with Crippen LogP contribution in [0, 0.1) is 0 Å². The number of fused-ring (bicyclic) bond motifs is 1. The summed E-state index contributed by atoms with van der Waals surface area (Å²) in [4.78, 5) is 11.2. The topological polar surface area (TPSA) is 108 Å². The fourth-order valence-corrected chi connectivity index (χ4v) is 5.18. The zero-order valence-electron chi connectivity index (χ0n) is 20.1. The molecule has 1 aliphatic carbocycles. The van der Waals surface area contributed by atoms with Crippen LogP contribution in [0.5, 0.6) is 0 Å². The van der Waals surface area contributed by atoms with Gasteiger partial charge < -0.3 is 25.2 Å². The number of ether oxygens (including phenoxy) is 1. The van der Waals surface area contributed by atoms with Crippen LogP contribution in [0.1, 0.15) is 51.1 Å². The summed E-state index contributed by atoms with van der Waals surface area (Å²) in [6, 6.07) is 6.39. The van der Waals surface area contributed by atoms with Gasteiger partial charge in [-0.2, -0.15) is 0 Å². The summed E-state index contributed by atoms with van der Waals surface area (Å²) in [6.07, 6.45) is 6.97. The fourth-order valence-electron chi connectivity index (χ4n) is 5.18. The molecule has 9 heteroatoms. The van der Waals surface area contributed by atoms with Crippen molar-refractivity contribution in [2.24, 2.45) is 0 Å². The summed E-state index contributed by atoms with van der Waals surface area (Å²) in [5, 5.41) is 28.3. The van der Waals surface area contributed by atoms with Gasteiger partial charge in [0, 0.05) is 49.6 Å². The average molecular weight is 467 g/mol. The number of aromatic nitrogens is 4. The minimum absolute atomic E-state index is 0.0854. The van der Waals surface area contributed by atoms with Crippen LogP contribution < -0.4 is 10.2 Å². The van der Waals surface area contributed by atoms with Gasteiger partial charge >= 0.3 is 0 Å². The summed E-state index contributed by atoms with van der Waals surface area (Å²) in [5.41, 5.74) is 3.55. The van der Waals surface area contributed by atoms with Gasteiger partial charge in [0.05, 0.1) is 30.0 Å². The molecule has 0 spiro atoms. The Morgan fingerprint density at radius 1 is 1.21 bits per heavy atom. The highest BCUT2D eigenvalue weighted by molar-refractivity contribution is 5.82. The Balaban J connectivity index is 1.53. The maximum atomic E-state index is 10.1. The minimum Gasteiger partial charge on any atom is -0.393 e. The fraction of sp³-hybridized carbons (Fsp3) is 0.560. The molecule has 1 saturated carbocycles. The molecule has 0 radical (unpaired) electrons. The smallest absolute Gasteiger partial charge is 0.241 e. The van der Waals surface area contributed by atoms with E-state index in [1.54, 1.807) is 7.11 Å². The molecule has 0 amide bonds. The standard InChI is InChI=1S/C25H34N6O3/c1-16(13-34-3)28-24-27-12-22-20(11-21(31(22)29-24)17-4-6-19(32)7-5-17)18-8-9-26-23(10-18)30-14-25(2,33)15-30/h8-12,16-17,19,32-33H,4-7,13-15H2,1-3H3,(H,28,29)/t16-,17?,19?/m0/s1. The molecule has 2 fully saturated rings. The average Bonchev–Trinajstić information content (AvgIpc) is 3.17. The number of aliphatic hydroxyl groups is 2. The molecular weight excluding hydrogens is 432 g/mol. The Hall–Kier alpha value is -2.75. The maximum Gasteiger partial charge on any atom is 0.241 e. The number of rotatable bonds is 7. The number of methoxy groups -OCH3 is 1. The zero-order valence-corrected chi connectivity index (χ0v) is 20.1. The molecule has 1 atom stereocenters. The van der Waals surface area contributed by atoms with Gasteiger partial charge in [0.2, 0.25) is 5.95 Å². The van der Waals surface area contributed by atoms with Gasteiger partial charge in [-0.15, -0.1) is 5.10 Å². The Morgan fingerprint density at radius 3 is 2.68 bits per heavy atom. The van der Waals surface area contributed by atoms with Crippen molar-refractivity contribution >= 4 is 17.3 Å². The molecule has 5 rings (SSSR count). The van der Waals surface area contributed by atoms with E-state index in [1.807, 2.05) is 36.8 Å². The van der Waals surface area contributed by atoms with Crippen molar-refractivity contribution in [3.05, 3.63) is 36.3 Å². The highest BCUT2D eigenvalue weighted by Gasteiger charge is 2.37.